The third kappa shape index (κ3) is 5.76. The molecule has 5 heteroatoms. The van der Waals surface area contributed by atoms with Crippen molar-refractivity contribution < 1.29 is 4.79 Å². The largest absolute Gasteiger partial charge is 0.325 e. The molecule has 4 nitrogen and oxygen atoms in total. The van der Waals surface area contributed by atoms with E-state index in [2.05, 4.69) is 29.3 Å². The van der Waals surface area contributed by atoms with Gasteiger partial charge in [0.25, 0.3) is 0 Å². The molecule has 0 aliphatic carbocycles. The van der Waals surface area contributed by atoms with Crippen molar-refractivity contribution in [2.75, 3.05) is 11.9 Å². The van der Waals surface area contributed by atoms with Crippen molar-refractivity contribution >= 4 is 24.0 Å². The Morgan fingerprint density at radius 2 is 2.00 bits per heavy atom. The molecule has 1 fully saturated rings. The fourth-order valence-electron chi connectivity index (χ4n) is 3.23. The first-order valence-corrected chi connectivity index (χ1v) is 8.85. The number of nitrogens with zero attached hydrogens (tertiary/aromatic N) is 1. The van der Waals surface area contributed by atoms with E-state index >= 15 is 0 Å². The lowest BCUT2D eigenvalue weighted by molar-refractivity contribution is -0.120. The minimum atomic E-state index is -0.809. The molecule has 0 radical (unpaired) electrons. The zero-order chi connectivity index (χ0) is 16.9. The highest BCUT2D eigenvalue weighted by Crippen LogP contribution is 2.20. The van der Waals surface area contributed by atoms with Crippen LogP contribution in [-0.2, 0) is 11.3 Å². The van der Waals surface area contributed by atoms with Crippen molar-refractivity contribution in [1.29, 1.82) is 0 Å². The van der Waals surface area contributed by atoms with Crippen molar-refractivity contribution in [3.05, 3.63) is 29.8 Å². The van der Waals surface area contributed by atoms with Gasteiger partial charge >= 0.3 is 0 Å². The molecule has 0 spiro atoms. The molecule has 2 rings (SSSR count). The fourth-order valence-corrected chi connectivity index (χ4v) is 3.23. The highest BCUT2D eigenvalue weighted by molar-refractivity contribution is 5.97. The van der Waals surface area contributed by atoms with Crippen LogP contribution in [0.2, 0.25) is 0 Å². The van der Waals surface area contributed by atoms with E-state index in [4.69, 9.17) is 5.73 Å². The zero-order valence-corrected chi connectivity index (χ0v) is 16.0. The molecular formula is C19H32ClN3O. The van der Waals surface area contributed by atoms with E-state index in [-0.39, 0.29) is 18.3 Å². The predicted octanol–water partition coefficient (Wildman–Crippen LogP) is 3.94. The van der Waals surface area contributed by atoms with Crippen LogP contribution >= 0.6 is 12.4 Å². The first-order valence-electron chi connectivity index (χ1n) is 8.85. The first-order chi connectivity index (χ1) is 10.9. The maximum absolute atomic E-state index is 12.2. The third-order valence-corrected chi connectivity index (χ3v) is 4.83. The van der Waals surface area contributed by atoms with Crippen molar-refractivity contribution in [1.82, 2.24) is 4.90 Å². The maximum atomic E-state index is 12.2. The van der Waals surface area contributed by atoms with E-state index in [1.54, 1.807) is 6.92 Å². The topological polar surface area (TPSA) is 58.4 Å². The molecule has 1 saturated heterocycles. The van der Waals surface area contributed by atoms with E-state index in [0.29, 0.717) is 12.5 Å². The smallest absolute Gasteiger partial charge is 0.244 e. The van der Waals surface area contributed by atoms with Gasteiger partial charge in [-0.1, -0.05) is 31.9 Å². The van der Waals surface area contributed by atoms with Gasteiger partial charge in [-0.15, -0.1) is 12.4 Å². The number of piperidine rings is 1. The predicted molar refractivity (Wildman–Crippen MR) is 104 cm³/mol. The van der Waals surface area contributed by atoms with Crippen molar-refractivity contribution in [3.8, 4) is 0 Å². The van der Waals surface area contributed by atoms with Crippen LogP contribution in [0.25, 0.3) is 0 Å². The number of hydrogen-bond donors (Lipinski definition) is 2. The molecule has 2 atom stereocenters. The molecule has 1 aromatic rings. The molecule has 0 aromatic heterocycles. The van der Waals surface area contributed by atoms with E-state index in [1.807, 2.05) is 19.1 Å². The number of nitrogens with one attached hydrogen (secondary N) is 1. The van der Waals surface area contributed by atoms with Crippen LogP contribution in [0, 0.1) is 0 Å². The summed E-state index contributed by atoms with van der Waals surface area (Å²) in [5.74, 6) is -0.114. The average Bonchev–Trinajstić information content (AvgIpc) is 2.51. The lowest BCUT2D eigenvalue weighted by Crippen LogP contribution is -2.48. The summed E-state index contributed by atoms with van der Waals surface area (Å²) in [6.45, 7) is 8.30. The van der Waals surface area contributed by atoms with Crippen molar-refractivity contribution in [2.24, 2.45) is 5.73 Å². The second kappa shape index (κ2) is 9.40. The molecule has 0 bridgehead atoms. The molecule has 136 valence electrons. The van der Waals surface area contributed by atoms with E-state index in [1.165, 1.54) is 31.4 Å². The minimum Gasteiger partial charge on any atom is -0.325 e. The number of hydrogen-bond acceptors (Lipinski definition) is 3. The summed E-state index contributed by atoms with van der Waals surface area (Å²) in [6, 6.07) is 8.82. The fraction of sp³-hybridized carbons (Fsp3) is 0.632. The van der Waals surface area contributed by atoms with Crippen LogP contribution in [-0.4, -0.2) is 28.9 Å². The number of likely N-dealkylation sites (tertiary alicyclic amines) is 1. The minimum absolute atomic E-state index is 0. The van der Waals surface area contributed by atoms with Crippen LogP contribution in [0.4, 0.5) is 5.69 Å². The van der Waals surface area contributed by atoms with Crippen LogP contribution in [0.5, 0.6) is 0 Å². The van der Waals surface area contributed by atoms with Gasteiger partial charge in [0, 0.05) is 18.3 Å². The molecule has 1 amide bonds. The van der Waals surface area contributed by atoms with Gasteiger partial charge in [-0.3, -0.25) is 9.69 Å². The molecule has 1 aromatic carbocycles. The Balaban J connectivity index is 0.00000288. The van der Waals surface area contributed by atoms with Gasteiger partial charge in [0.15, 0.2) is 0 Å². The number of rotatable bonds is 6. The Kier molecular flexibility index (Phi) is 8.20. The summed E-state index contributed by atoms with van der Waals surface area (Å²) in [4.78, 5) is 14.8. The summed E-state index contributed by atoms with van der Waals surface area (Å²) < 4.78 is 0. The van der Waals surface area contributed by atoms with Crippen LogP contribution in [0.15, 0.2) is 24.3 Å². The van der Waals surface area contributed by atoms with Gasteiger partial charge in [-0.25, -0.2) is 0 Å². The van der Waals surface area contributed by atoms with Crippen LogP contribution < -0.4 is 11.1 Å². The monoisotopic (exact) mass is 353 g/mol. The summed E-state index contributed by atoms with van der Waals surface area (Å²) in [6.07, 6.45) is 5.51. The summed E-state index contributed by atoms with van der Waals surface area (Å²) in [7, 11) is 0. The van der Waals surface area contributed by atoms with Crippen molar-refractivity contribution in [2.45, 2.75) is 71.0 Å². The summed E-state index contributed by atoms with van der Waals surface area (Å²) in [5, 5.41) is 2.93. The molecule has 3 N–H and O–H groups in total. The van der Waals surface area contributed by atoms with E-state index in [9.17, 15) is 4.79 Å². The zero-order valence-electron chi connectivity index (χ0n) is 15.2. The molecule has 1 heterocycles. The highest BCUT2D eigenvalue weighted by atomic mass is 35.5. The molecule has 0 saturated carbocycles. The quantitative estimate of drug-likeness (QED) is 0.814. The van der Waals surface area contributed by atoms with Gasteiger partial charge in [0.05, 0.1) is 5.54 Å². The third-order valence-electron chi connectivity index (χ3n) is 4.83. The number of carbonyl (C=O) groups is 1. The first kappa shape index (κ1) is 20.9. The van der Waals surface area contributed by atoms with Crippen LogP contribution in [0.1, 0.15) is 58.4 Å². The summed E-state index contributed by atoms with van der Waals surface area (Å²) >= 11 is 0. The molecule has 1 aliphatic heterocycles. The van der Waals surface area contributed by atoms with Gasteiger partial charge in [-0.2, -0.15) is 0 Å². The second-order valence-corrected chi connectivity index (χ2v) is 7.13. The number of anilines is 1. The average molecular weight is 354 g/mol. The van der Waals surface area contributed by atoms with Gasteiger partial charge in [0.2, 0.25) is 5.91 Å². The second-order valence-electron chi connectivity index (χ2n) is 7.13. The van der Waals surface area contributed by atoms with Gasteiger partial charge < -0.3 is 11.1 Å². The van der Waals surface area contributed by atoms with Crippen molar-refractivity contribution in [3.63, 3.8) is 0 Å². The maximum Gasteiger partial charge on any atom is 0.244 e. The summed E-state index contributed by atoms with van der Waals surface area (Å²) in [5.41, 5.74) is 7.37. The normalized spacial score (nSPS) is 20.8. The number of amides is 1. The molecule has 1 aliphatic rings. The number of benzene rings is 1. The molecular weight excluding hydrogens is 322 g/mol. The Bertz CT molecular complexity index is 516. The Morgan fingerprint density at radius 1 is 1.33 bits per heavy atom. The number of carbonyl (C=O) groups excluding carboxylic acids is 1. The SMILES string of the molecule is CCCC(C)(N)C(=O)Nc1ccc(CN2CCCCC2C)cc1.Cl. The Labute approximate surface area is 152 Å². The highest BCUT2D eigenvalue weighted by Gasteiger charge is 2.27. The van der Waals surface area contributed by atoms with Gasteiger partial charge in [0.1, 0.15) is 0 Å². The Hall–Kier alpha value is -1.10. The van der Waals surface area contributed by atoms with Gasteiger partial charge in [-0.05, 0) is 57.4 Å². The van der Waals surface area contributed by atoms with Crippen LogP contribution in [0.3, 0.4) is 0 Å². The molecule has 2 unspecified atom stereocenters. The lowest BCUT2D eigenvalue weighted by Gasteiger charge is -2.33. The van der Waals surface area contributed by atoms with E-state index < -0.39 is 5.54 Å². The molecule has 24 heavy (non-hydrogen) atoms. The lowest BCUT2D eigenvalue weighted by atomic mass is 9.96. The number of nitrogens with two attached hydrogens (primary N) is 1. The Morgan fingerprint density at radius 3 is 2.58 bits per heavy atom. The van der Waals surface area contributed by atoms with E-state index in [0.717, 1.165) is 18.7 Å². The standard InChI is InChI=1S/C19H31N3O.ClH/c1-4-12-19(3,20)18(23)21-17-10-8-16(9-11-17)14-22-13-6-5-7-15(22)2;/h8-11,15H,4-7,12-14,20H2,1-3H3,(H,21,23);1H. The number of halogens is 1.